The fourth-order valence-electron chi connectivity index (χ4n) is 5.08. The second-order valence-electron chi connectivity index (χ2n) is 10.3. The van der Waals surface area contributed by atoms with Crippen LogP contribution in [0, 0.1) is 0 Å². The molecule has 0 radical (unpaired) electrons. The number of ether oxygens (including phenoxy) is 1. The minimum atomic E-state index is -0.000645. The number of quaternary nitrogens is 1. The first-order valence-electron chi connectivity index (χ1n) is 14.4. The van der Waals surface area contributed by atoms with Crippen LogP contribution in [0.1, 0.15) is 136 Å². The number of nitrogens with one attached hydrogen (secondary N) is 2. The maximum Gasteiger partial charge on any atom is 0.275 e. The molecule has 2 N–H and O–H groups in total. The van der Waals surface area contributed by atoms with Gasteiger partial charge in [0.2, 0.25) is 0 Å². The van der Waals surface area contributed by atoms with E-state index in [1.807, 2.05) is 0 Å². The molecule has 1 heterocycles. The number of morpholine rings is 1. The molecule has 0 bridgehead atoms. The molecular weight excluding hydrogens is 396 g/mol. The summed E-state index contributed by atoms with van der Waals surface area (Å²) in [5.74, 6) is 0.228. The molecule has 190 valence electrons. The molecule has 0 spiro atoms. The fraction of sp³-hybridized carbons (Fsp3) is 0.964. The van der Waals surface area contributed by atoms with Gasteiger partial charge in [-0.2, -0.15) is 0 Å². The number of carbonyl (C=O) groups is 1. The molecule has 0 aromatic heterocycles. The first-order chi connectivity index (χ1) is 15.7. The van der Waals surface area contributed by atoms with Crippen molar-refractivity contribution in [2.75, 3.05) is 32.8 Å². The van der Waals surface area contributed by atoms with Crippen LogP contribution in [0.25, 0.3) is 0 Å². The molecule has 1 amide bonds. The Morgan fingerprint density at radius 3 is 1.59 bits per heavy atom. The highest BCUT2D eigenvalue weighted by molar-refractivity contribution is 5.77. The highest BCUT2D eigenvalue weighted by Gasteiger charge is 2.29. The number of amides is 1. The van der Waals surface area contributed by atoms with Gasteiger partial charge in [-0.1, -0.05) is 117 Å². The standard InChI is InChI=1S/C28H56N2O2/c1-4-7-8-9-10-11-12-13-14-15-16-17-18-19-20-21-28(5-2,6-3)29-27(31)26-30-22-24-32-25-23-30/h4-26H2,1-3H3,(H,29,31)/p+1. The molecule has 4 nitrogen and oxygen atoms in total. The Morgan fingerprint density at radius 1 is 0.719 bits per heavy atom. The summed E-state index contributed by atoms with van der Waals surface area (Å²) in [6, 6.07) is 0. The Bertz CT molecular complexity index is 431. The third-order valence-electron chi connectivity index (χ3n) is 7.63. The Morgan fingerprint density at radius 2 is 1.16 bits per heavy atom. The zero-order chi connectivity index (χ0) is 23.3. The predicted molar refractivity (Wildman–Crippen MR) is 137 cm³/mol. The van der Waals surface area contributed by atoms with E-state index < -0.39 is 0 Å². The van der Waals surface area contributed by atoms with Gasteiger partial charge in [-0.05, 0) is 19.3 Å². The van der Waals surface area contributed by atoms with Crippen molar-refractivity contribution in [3.05, 3.63) is 0 Å². The molecule has 0 aromatic rings. The van der Waals surface area contributed by atoms with Crippen molar-refractivity contribution in [2.24, 2.45) is 0 Å². The molecule has 0 aromatic carbocycles. The average Bonchev–Trinajstić information content (AvgIpc) is 2.81. The lowest BCUT2D eigenvalue weighted by Gasteiger charge is -2.34. The Kier molecular flexibility index (Phi) is 18.2. The maximum atomic E-state index is 12.6. The maximum absolute atomic E-state index is 12.6. The molecule has 0 aliphatic carbocycles. The summed E-state index contributed by atoms with van der Waals surface area (Å²) in [5, 5.41) is 3.43. The van der Waals surface area contributed by atoms with Gasteiger partial charge in [0.1, 0.15) is 13.1 Å². The smallest absolute Gasteiger partial charge is 0.275 e. The van der Waals surface area contributed by atoms with Gasteiger partial charge in [0.05, 0.1) is 13.2 Å². The molecule has 1 rings (SSSR count). The molecule has 1 fully saturated rings. The lowest BCUT2D eigenvalue weighted by atomic mass is 9.86. The molecule has 32 heavy (non-hydrogen) atoms. The van der Waals surface area contributed by atoms with E-state index in [2.05, 4.69) is 26.1 Å². The van der Waals surface area contributed by atoms with Crippen molar-refractivity contribution in [1.82, 2.24) is 5.32 Å². The molecule has 1 saturated heterocycles. The fourth-order valence-corrected chi connectivity index (χ4v) is 5.08. The number of rotatable bonds is 21. The van der Waals surface area contributed by atoms with Crippen molar-refractivity contribution in [3.63, 3.8) is 0 Å². The SMILES string of the molecule is CCCCCCCCCCCCCCCCCC(CC)(CC)NC(=O)C[NH+]1CCOCC1. The molecule has 0 unspecified atom stereocenters. The summed E-state index contributed by atoms with van der Waals surface area (Å²) >= 11 is 0. The van der Waals surface area contributed by atoms with Crippen LogP contribution in [0.3, 0.4) is 0 Å². The van der Waals surface area contributed by atoms with Gasteiger partial charge in [-0.15, -0.1) is 0 Å². The number of hydrogen-bond donors (Lipinski definition) is 2. The van der Waals surface area contributed by atoms with E-state index in [0.29, 0.717) is 6.54 Å². The molecule has 1 aliphatic heterocycles. The first-order valence-corrected chi connectivity index (χ1v) is 14.4. The van der Waals surface area contributed by atoms with E-state index in [0.717, 1.165) is 45.6 Å². The molecule has 0 atom stereocenters. The third kappa shape index (κ3) is 14.5. The van der Waals surface area contributed by atoms with Crippen LogP contribution in [0.4, 0.5) is 0 Å². The Balaban J connectivity index is 2.02. The van der Waals surface area contributed by atoms with Crippen molar-refractivity contribution in [1.29, 1.82) is 0 Å². The third-order valence-corrected chi connectivity index (χ3v) is 7.63. The summed E-state index contributed by atoms with van der Waals surface area (Å²) in [6.45, 7) is 10.8. The summed E-state index contributed by atoms with van der Waals surface area (Å²) in [6.07, 6.45) is 24.2. The topological polar surface area (TPSA) is 42.8 Å². The van der Waals surface area contributed by atoms with Gasteiger partial charge < -0.3 is 15.0 Å². The van der Waals surface area contributed by atoms with Crippen molar-refractivity contribution < 1.29 is 14.4 Å². The van der Waals surface area contributed by atoms with Gasteiger partial charge in [-0.3, -0.25) is 4.79 Å². The van der Waals surface area contributed by atoms with E-state index in [4.69, 9.17) is 4.74 Å². The second kappa shape index (κ2) is 19.8. The van der Waals surface area contributed by atoms with E-state index in [1.54, 1.807) is 0 Å². The number of unbranched alkanes of at least 4 members (excludes halogenated alkanes) is 14. The Labute approximate surface area is 200 Å². The minimum absolute atomic E-state index is 0.000645. The van der Waals surface area contributed by atoms with Gasteiger partial charge in [-0.25, -0.2) is 0 Å². The number of carbonyl (C=O) groups excluding carboxylic acids is 1. The highest BCUT2D eigenvalue weighted by Crippen LogP contribution is 2.23. The first kappa shape index (κ1) is 29.4. The van der Waals surface area contributed by atoms with Gasteiger partial charge in [0.15, 0.2) is 6.54 Å². The lowest BCUT2D eigenvalue weighted by Crippen LogP contribution is -3.15. The van der Waals surface area contributed by atoms with Crippen molar-refractivity contribution in [3.8, 4) is 0 Å². The summed E-state index contributed by atoms with van der Waals surface area (Å²) < 4.78 is 5.41. The van der Waals surface area contributed by atoms with E-state index in [9.17, 15) is 4.79 Å². The van der Waals surface area contributed by atoms with E-state index in [-0.39, 0.29) is 11.4 Å². The van der Waals surface area contributed by atoms with Crippen LogP contribution in [0.15, 0.2) is 0 Å². The molecule has 0 saturated carbocycles. The lowest BCUT2D eigenvalue weighted by molar-refractivity contribution is -0.900. The summed E-state index contributed by atoms with van der Waals surface area (Å²) in [4.78, 5) is 14.0. The van der Waals surface area contributed by atoms with Crippen LogP contribution in [-0.4, -0.2) is 44.3 Å². The quantitative estimate of drug-likeness (QED) is 0.214. The predicted octanol–water partition coefficient (Wildman–Crippen LogP) is 5.84. The Hall–Kier alpha value is -0.610. The zero-order valence-corrected chi connectivity index (χ0v) is 22.1. The second-order valence-corrected chi connectivity index (χ2v) is 10.3. The average molecular weight is 454 g/mol. The van der Waals surface area contributed by atoms with E-state index >= 15 is 0 Å². The highest BCUT2D eigenvalue weighted by atomic mass is 16.5. The molecule has 4 heteroatoms. The van der Waals surface area contributed by atoms with E-state index in [1.165, 1.54) is 101 Å². The molecular formula is C28H57N2O2+. The van der Waals surface area contributed by atoms with Gasteiger partial charge >= 0.3 is 0 Å². The minimum Gasteiger partial charge on any atom is -0.370 e. The van der Waals surface area contributed by atoms with Crippen LogP contribution >= 0.6 is 0 Å². The van der Waals surface area contributed by atoms with Gasteiger partial charge in [0, 0.05) is 5.54 Å². The summed E-state index contributed by atoms with van der Waals surface area (Å²) in [5.41, 5.74) is -0.000645. The van der Waals surface area contributed by atoms with Crippen LogP contribution in [0.2, 0.25) is 0 Å². The van der Waals surface area contributed by atoms with Crippen LogP contribution < -0.4 is 10.2 Å². The zero-order valence-electron chi connectivity index (χ0n) is 22.1. The van der Waals surface area contributed by atoms with Crippen molar-refractivity contribution >= 4 is 5.91 Å². The molecule has 1 aliphatic rings. The summed E-state index contributed by atoms with van der Waals surface area (Å²) in [7, 11) is 0. The van der Waals surface area contributed by atoms with Crippen LogP contribution in [0.5, 0.6) is 0 Å². The normalized spacial score (nSPS) is 15.2. The van der Waals surface area contributed by atoms with Crippen LogP contribution in [-0.2, 0) is 9.53 Å². The monoisotopic (exact) mass is 453 g/mol. The van der Waals surface area contributed by atoms with Gasteiger partial charge in [0.25, 0.3) is 5.91 Å². The number of hydrogen-bond acceptors (Lipinski definition) is 2. The largest absolute Gasteiger partial charge is 0.370 e. The van der Waals surface area contributed by atoms with Crippen molar-refractivity contribution in [2.45, 2.75) is 142 Å².